The molecule has 9 heteroatoms. The van der Waals surface area contributed by atoms with Gasteiger partial charge < -0.3 is 4.74 Å². The zero-order chi connectivity index (χ0) is 22.6. The third kappa shape index (κ3) is 7.52. The van der Waals surface area contributed by atoms with Crippen LogP contribution in [0, 0.1) is 0 Å². The van der Waals surface area contributed by atoms with E-state index in [4.69, 9.17) is 0 Å². The minimum atomic E-state index is -4.67. The van der Waals surface area contributed by atoms with Crippen LogP contribution in [0.25, 0.3) is 0 Å². The summed E-state index contributed by atoms with van der Waals surface area (Å²) in [6.07, 6.45) is -1.65. The second kappa shape index (κ2) is 9.58. The molecular formula is C22H27F3N2O3S. The SMILES string of the molecule is C[C@@H](NS(C)(=O)=O)c1ccc(CN2CCC(c3ccc(OC(F)(F)F)cc3)CC2)cc1. The quantitative estimate of drug-likeness (QED) is 0.663. The van der Waals surface area contributed by atoms with Gasteiger partial charge in [0.2, 0.25) is 10.0 Å². The first-order valence-corrected chi connectivity index (χ1v) is 12.0. The molecule has 1 atom stereocenters. The zero-order valence-corrected chi connectivity index (χ0v) is 18.3. The summed E-state index contributed by atoms with van der Waals surface area (Å²) in [5.41, 5.74) is 3.10. The number of hydrogen-bond acceptors (Lipinski definition) is 4. The predicted octanol–water partition coefficient (Wildman–Crippen LogP) is 4.58. The lowest BCUT2D eigenvalue weighted by molar-refractivity contribution is -0.274. The van der Waals surface area contributed by atoms with Crippen molar-refractivity contribution in [3.05, 3.63) is 65.2 Å². The van der Waals surface area contributed by atoms with Gasteiger partial charge in [-0.1, -0.05) is 36.4 Å². The number of sulfonamides is 1. The van der Waals surface area contributed by atoms with Crippen molar-refractivity contribution in [2.24, 2.45) is 0 Å². The van der Waals surface area contributed by atoms with Gasteiger partial charge in [0.25, 0.3) is 0 Å². The lowest BCUT2D eigenvalue weighted by Crippen LogP contribution is -2.32. The van der Waals surface area contributed by atoms with Crippen LogP contribution in [0.2, 0.25) is 0 Å². The van der Waals surface area contributed by atoms with E-state index in [-0.39, 0.29) is 11.8 Å². The largest absolute Gasteiger partial charge is 0.573 e. The van der Waals surface area contributed by atoms with Gasteiger partial charge in [0.1, 0.15) is 5.75 Å². The average molecular weight is 457 g/mol. The standard InChI is InChI=1S/C22H27F3N2O3S/c1-16(26-31(2,28)29)18-5-3-17(4-6-18)15-27-13-11-20(12-14-27)19-7-9-21(10-8-19)30-22(23,24)25/h3-10,16,20,26H,11-15H2,1-2H3/t16-/m1/s1. The number of piperidine rings is 1. The van der Waals surface area contributed by atoms with Crippen molar-refractivity contribution in [3.63, 3.8) is 0 Å². The van der Waals surface area contributed by atoms with Crippen molar-refractivity contribution < 1.29 is 26.3 Å². The van der Waals surface area contributed by atoms with Crippen molar-refractivity contribution in [2.75, 3.05) is 19.3 Å². The Morgan fingerprint density at radius 2 is 1.65 bits per heavy atom. The Labute approximate surface area is 181 Å². The number of benzene rings is 2. The van der Waals surface area contributed by atoms with Crippen LogP contribution < -0.4 is 9.46 Å². The van der Waals surface area contributed by atoms with Gasteiger partial charge in [-0.3, -0.25) is 4.90 Å². The third-order valence-electron chi connectivity index (χ3n) is 5.45. The van der Waals surface area contributed by atoms with Crippen LogP contribution in [-0.2, 0) is 16.6 Å². The molecule has 0 aliphatic carbocycles. The third-order valence-corrected chi connectivity index (χ3v) is 6.23. The molecule has 0 radical (unpaired) electrons. The molecule has 5 nitrogen and oxygen atoms in total. The lowest BCUT2D eigenvalue weighted by Gasteiger charge is -2.32. The molecule has 3 rings (SSSR count). The number of ether oxygens (including phenoxy) is 1. The normalized spacial score (nSPS) is 17.5. The molecule has 1 heterocycles. The van der Waals surface area contributed by atoms with Gasteiger partial charge >= 0.3 is 6.36 Å². The highest BCUT2D eigenvalue weighted by Gasteiger charge is 2.31. The Kier molecular flexibility index (Phi) is 7.28. The summed E-state index contributed by atoms with van der Waals surface area (Å²) < 4.78 is 66.1. The molecule has 31 heavy (non-hydrogen) atoms. The van der Waals surface area contributed by atoms with Crippen molar-refractivity contribution in [1.29, 1.82) is 0 Å². The Morgan fingerprint density at radius 1 is 1.06 bits per heavy atom. The first-order valence-electron chi connectivity index (χ1n) is 10.1. The van der Waals surface area contributed by atoms with Gasteiger partial charge in [-0.25, -0.2) is 13.1 Å². The molecule has 1 aliphatic rings. The molecule has 2 aromatic rings. The van der Waals surface area contributed by atoms with Gasteiger partial charge in [-0.05, 0) is 67.6 Å². The van der Waals surface area contributed by atoms with Gasteiger partial charge in [0.05, 0.1) is 6.26 Å². The van der Waals surface area contributed by atoms with Gasteiger partial charge in [0.15, 0.2) is 0 Å². The van der Waals surface area contributed by atoms with Crippen LogP contribution in [-0.4, -0.2) is 39.0 Å². The molecule has 0 spiro atoms. The number of rotatable bonds is 7. The summed E-state index contributed by atoms with van der Waals surface area (Å²) in [6, 6.07) is 13.8. The molecule has 0 aromatic heterocycles. The Morgan fingerprint density at radius 3 is 2.16 bits per heavy atom. The van der Waals surface area contributed by atoms with Gasteiger partial charge in [0, 0.05) is 12.6 Å². The minimum absolute atomic E-state index is 0.196. The Balaban J connectivity index is 1.50. The smallest absolute Gasteiger partial charge is 0.406 e. The van der Waals surface area contributed by atoms with Crippen LogP contribution in [0.1, 0.15) is 48.4 Å². The maximum atomic E-state index is 12.3. The summed E-state index contributed by atoms with van der Waals surface area (Å²) >= 11 is 0. The fourth-order valence-electron chi connectivity index (χ4n) is 3.93. The molecular weight excluding hydrogens is 429 g/mol. The van der Waals surface area contributed by atoms with E-state index in [1.54, 1.807) is 12.1 Å². The maximum Gasteiger partial charge on any atom is 0.573 e. The van der Waals surface area contributed by atoms with E-state index in [9.17, 15) is 21.6 Å². The van der Waals surface area contributed by atoms with Crippen LogP contribution >= 0.6 is 0 Å². The molecule has 2 aromatic carbocycles. The zero-order valence-electron chi connectivity index (χ0n) is 17.5. The number of hydrogen-bond donors (Lipinski definition) is 1. The van der Waals surface area contributed by atoms with E-state index in [1.807, 2.05) is 31.2 Å². The summed E-state index contributed by atoms with van der Waals surface area (Å²) in [4.78, 5) is 2.35. The van der Waals surface area contributed by atoms with E-state index in [1.165, 1.54) is 12.1 Å². The fourth-order valence-corrected chi connectivity index (χ4v) is 4.70. The van der Waals surface area contributed by atoms with E-state index in [0.717, 1.165) is 55.4 Å². The first-order chi connectivity index (χ1) is 14.5. The van der Waals surface area contributed by atoms with Crippen molar-refractivity contribution in [1.82, 2.24) is 9.62 Å². The second-order valence-electron chi connectivity index (χ2n) is 8.02. The predicted molar refractivity (Wildman–Crippen MR) is 113 cm³/mol. The fraction of sp³-hybridized carbons (Fsp3) is 0.455. The van der Waals surface area contributed by atoms with Crippen LogP contribution in [0.3, 0.4) is 0 Å². The van der Waals surface area contributed by atoms with Crippen LogP contribution in [0.15, 0.2) is 48.5 Å². The molecule has 170 valence electrons. The van der Waals surface area contributed by atoms with Crippen molar-refractivity contribution >= 4 is 10.0 Å². The highest BCUT2D eigenvalue weighted by Crippen LogP contribution is 2.31. The van der Waals surface area contributed by atoms with E-state index < -0.39 is 16.4 Å². The van der Waals surface area contributed by atoms with Crippen molar-refractivity contribution in [3.8, 4) is 5.75 Å². The first kappa shape index (κ1) is 23.6. The van der Waals surface area contributed by atoms with Crippen LogP contribution in [0.4, 0.5) is 13.2 Å². The van der Waals surface area contributed by atoms with Crippen LogP contribution in [0.5, 0.6) is 5.75 Å². The number of nitrogens with zero attached hydrogens (tertiary/aromatic N) is 1. The van der Waals surface area contributed by atoms with Gasteiger partial charge in [-0.15, -0.1) is 13.2 Å². The topological polar surface area (TPSA) is 58.6 Å². The summed E-state index contributed by atoms with van der Waals surface area (Å²) in [7, 11) is -3.26. The Bertz CT molecular complexity index is 953. The van der Waals surface area contributed by atoms with E-state index in [0.29, 0.717) is 5.92 Å². The molecule has 1 N–H and O–H groups in total. The Hall–Kier alpha value is -2.10. The monoisotopic (exact) mass is 456 g/mol. The van der Waals surface area contributed by atoms with E-state index in [2.05, 4.69) is 14.4 Å². The highest BCUT2D eigenvalue weighted by atomic mass is 32.2. The summed E-state index contributed by atoms with van der Waals surface area (Å²) in [5, 5.41) is 0. The number of nitrogens with one attached hydrogen (secondary N) is 1. The molecule has 0 bridgehead atoms. The number of alkyl halides is 3. The summed E-state index contributed by atoms with van der Waals surface area (Å²) in [6.45, 7) is 4.42. The second-order valence-corrected chi connectivity index (χ2v) is 9.80. The maximum absolute atomic E-state index is 12.3. The number of halogens is 3. The summed E-state index contributed by atoms with van der Waals surface area (Å²) in [5.74, 6) is 0.125. The molecule has 0 saturated carbocycles. The lowest BCUT2D eigenvalue weighted by atomic mass is 9.89. The average Bonchev–Trinajstić information content (AvgIpc) is 2.67. The molecule has 1 fully saturated rings. The molecule has 1 saturated heterocycles. The molecule has 1 aliphatic heterocycles. The number of likely N-dealkylation sites (tertiary alicyclic amines) is 1. The highest BCUT2D eigenvalue weighted by molar-refractivity contribution is 7.88. The van der Waals surface area contributed by atoms with Gasteiger partial charge in [-0.2, -0.15) is 0 Å². The van der Waals surface area contributed by atoms with Crippen molar-refractivity contribution in [2.45, 2.75) is 44.6 Å². The minimum Gasteiger partial charge on any atom is -0.406 e. The molecule has 0 amide bonds. The van der Waals surface area contributed by atoms with E-state index >= 15 is 0 Å². The molecule has 0 unspecified atom stereocenters.